The molecule has 2 aromatic rings. The van der Waals surface area contributed by atoms with Gasteiger partial charge in [-0.2, -0.15) is 15.5 Å². The van der Waals surface area contributed by atoms with Crippen LogP contribution in [0.4, 0.5) is 0 Å². The van der Waals surface area contributed by atoms with E-state index in [9.17, 15) is 0 Å². The Balaban J connectivity index is 2.64. The zero-order valence-electron chi connectivity index (χ0n) is 10.5. The molecule has 0 aromatic carbocycles. The maximum absolute atomic E-state index is 9.08. The van der Waals surface area contributed by atoms with E-state index in [2.05, 4.69) is 30.1 Å². The van der Waals surface area contributed by atoms with Crippen molar-refractivity contribution in [2.45, 2.75) is 19.8 Å². The summed E-state index contributed by atoms with van der Waals surface area (Å²) in [4.78, 5) is 0. The fourth-order valence-electron chi connectivity index (χ4n) is 1.91. The smallest absolute Gasteiger partial charge is 0.170 e. The molecule has 17 heavy (non-hydrogen) atoms. The van der Waals surface area contributed by atoms with Gasteiger partial charge >= 0.3 is 0 Å². The zero-order valence-corrected chi connectivity index (χ0v) is 10.5. The summed E-state index contributed by atoms with van der Waals surface area (Å²) in [6, 6.07) is 2.12. The van der Waals surface area contributed by atoms with Crippen LogP contribution in [0, 0.1) is 11.3 Å². The predicted molar refractivity (Wildman–Crippen MR) is 64.2 cm³/mol. The van der Waals surface area contributed by atoms with Crippen molar-refractivity contribution in [3.8, 4) is 17.2 Å². The molecule has 0 unspecified atom stereocenters. The standard InChI is InChI=1S/C12H15N5/c1-8(2)12-10(7-17(4)15-12)9-6-16(3)14-11(9)5-13/h6-8H,1-4H3. The Hall–Kier alpha value is -2.09. The fraction of sp³-hybridized carbons (Fsp3) is 0.417. The molecule has 2 aromatic heterocycles. The Morgan fingerprint density at radius 3 is 2.29 bits per heavy atom. The van der Waals surface area contributed by atoms with Gasteiger partial charge in [-0.15, -0.1) is 0 Å². The van der Waals surface area contributed by atoms with Crippen LogP contribution in [0.2, 0.25) is 0 Å². The lowest BCUT2D eigenvalue weighted by Crippen LogP contribution is -1.93. The number of aromatic nitrogens is 4. The van der Waals surface area contributed by atoms with E-state index < -0.39 is 0 Å². The molecule has 0 radical (unpaired) electrons. The first-order valence-corrected chi connectivity index (χ1v) is 5.50. The predicted octanol–water partition coefficient (Wildman–Crippen LogP) is 1.82. The minimum absolute atomic E-state index is 0.318. The van der Waals surface area contributed by atoms with E-state index in [1.807, 2.05) is 26.5 Å². The number of nitriles is 1. The SMILES string of the molecule is CC(C)c1nn(C)cc1-c1cn(C)nc1C#N. The minimum Gasteiger partial charge on any atom is -0.275 e. The molecule has 0 N–H and O–H groups in total. The van der Waals surface area contributed by atoms with E-state index in [0.717, 1.165) is 16.8 Å². The Morgan fingerprint density at radius 2 is 1.71 bits per heavy atom. The van der Waals surface area contributed by atoms with Crippen LogP contribution in [0.3, 0.4) is 0 Å². The van der Waals surface area contributed by atoms with Crippen molar-refractivity contribution in [1.29, 1.82) is 5.26 Å². The van der Waals surface area contributed by atoms with Crippen LogP contribution in [0.1, 0.15) is 31.2 Å². The second-order valence-corrected chi connectivity index (χ2v) is 4.43. The highest BCUT2D eigenvalue weighted by molar-refractivity contribution is 5.70. The van der Waals surface area contributed by atoms with Crippen molar-refractivity contribution < 1.29 is 0 Å². The normalized spacial score (nSPS) is 10.8. The van der Waals surface area contributed by atoms with Crippen LogP contribution in [0.25, 0.3) is 11.1 Å². The third-order valence-corrected chi connectivity index (χ3v) is 2.63. The lowest BCUT2D eigenvalue weighted by Gasteiger charge is -2.02. The summed E-state index contributed by atoms with van der Waals surface area (Å²) in [6.45, 7) is 4.18. The van der Waals surface area contributed by atoms with Crippen molar-refractivity contribution in [3.63, 3.8) is 0 Å². The first kappa shape index (κ1) is 11.4. The van der Waals surface area contributed by atoms with E-state index in [1.54, 1.807) is 9.36 Å². The molecule has 0 bridgehead atoms. The monoisotopic (exact) mass is 229 g/mol. The van der Waals surface area contributed by atoms with Gasteiger partial charge in [0.1, 0.15) is 6.07 Å². The highest BCUT2D eigenvalue weighted by atomic mass is 15.3. The lowest BCUT2D eigenvalue weighted by molar-refractivity contribution is 0.713. The van der Waals surface area contributed by atoms with Gasteiger partial charge in [0, 0.05) is 37.6 Å². The minimum atomic E-state index is 0.318. The molecule has 0 spiro atoms. The molecule has 0 fully saturated rings. The van der Waals surface area contributed by atoms with Gasteiger partial charge in [-0.25, -0.2) is 0 Å². The summed E-state index contributed by atoms with van der Waals surface area (Å²) < 4.78 is 3.43. The van der Waals surface area contributed by atoms with E-state index in [1.165, 1.54) is 0 Å². The van der Waals surface area contributed by atoms with Crippen molar-refractivity contribution in [3.05, 3.63) is 23.8 Å². The van der Waals surface area contributed by atoms with Gasteiger partial charge in [0.05, 0.1) is 5.69 Å². The number of aryl methyl sites for hydroxylation is 2. The van der Waals surface area contributed by atoms with Crippen molar-refractivity contribution in [2.24, 2.45) is 14.1 Å². The highest BCUT2D eigenvalue weighted by Crippen LogP contribution is 2.29. The van der Waals surface area contributed by atoms with Gasteiger partial charge in [0.15, 0.2) is 5.69 Å². The molecule has 2 rings (SSSR count). The van der Waals surface area contributed by atoms with Crippen molar-refractivity contribution in [2.75, 3.05) is 0 Å². The van der Waals surface area contributed by atoms with Crippen LogP contribution in [-0.2, 0) is 14.1 Å². The summed E-state index contributed by atoms with van der Waals surface area (Å²) in [6.07, 6.45) is 3.80. The molecular weight excluding hydrogens is 214 g/mol. The van der Waals surface area contributed by atoms with E-state index in [-0.39, 0.29) is 0 Å². The summed E-state index contributed by atoms with van der Waals surface area (Å²) in [5.41, 5.74) is 3.29. The maximum Gasteiger partial charge on any atom is 0.170 e. The molecule has 0 amide bonds. The molecular formula is C12H15N5. The fourth-order valence-corrected chi connectivity index (χ4v) is 1.91. The molecule has 0 aliphatic carbocycles. The van der Waals surface area contributed by atoms with Crippen LogP contribution >= 0.6 is 0 Å². The highest BCUT2D eigenvalue weighted by Gasteiger charge is 2.18. The average Bonchev–Trinajstić information content (AvgIpc) is 2.81. The number of nitrogens with zero attached hydrogens (tertiary/aromatic N) is 5. The third-order valence-electron chi connectivity index (χ3n) is 2.63. The largest absolute Gasteiger partial charge is 0.275 e. The van der Waals surface area contributed by atoms with Gasteiger partial charge in [-0.3, -0.25) is 9.36 Å². The number of rotatable bonds is 2. The first-order valence-electron chi connectivity index (χ1n) is 5.50. The Labute approximate surface area is 100 Å². The van der Waals surface area contributed by atoms with Gasteiger partial charge in [-0.1, -0.05) is 13.8 Å². The van der Waals surface area contributed by atoms with Gasteiger partial charge in [0.25, 0.3) is 0 Å². The Morgan fingerprint density at radius 1 is 1.12 bits per heavy atom. The zero-order chi connectivity index (χ0) is 12.6. The quantitative estimate of drug-likeness (QED) is 0.789. The summed E-state index contributed by atoms with van der Waals surface area (Å²) in [5.74, 6) is 0.318. The average molecular weight is 229 g/mol. The summed E-state index contributed by atoms with van der Waals surface area (Å²) in [5, 5.41) is 17.7. The molecule has 0 saturated carbocycles. The topological polar surface area (TPSA) is 59.4 Å². The molecule has 0 aliphatic rings. The second kappa shape index (κ2) is 4.06. The number of hydrogen-bond acceptors (Lipinski definition) is 3. The second-order valence-electron chi connectivity index (χ2n) is 4.43. The van der Waals surface area contributed by atoms with Crippen LogP contribution in [0.15, 0.2) is 12.4 Å². The lowest BCUT2D eigenvalue weighted by atomic mass is 10.0. The molecule has 5 heteroatoms. The van der Waals surface area contributed by atoms with Gasteiger partial charge in [-0.05, 0) is 5.92 Å². The molecule has 5 nitrogen and oxygen atoms in total. The number of hydrogen-bond donors (Lipinski definition) is 0. The summed E-state index contributed by atoms with van der Waals surface area (Å²) >= 11 is 0. The molecule has 88 valence electrons. The first-order chi connectivity index (χ1) is 8.02. The van der Waals surface area contributed by atoms with Crippen molar-refractivity contribution in [1.82, 2.24) is 19.6 Å². The van der Waals surface area contributed by atoms with Crippen LogP contribution < -0.4 is 0 Å². The maximum atomic E-state index is 9.08. The molecule has 0 atom stereocenters. The van der Waals surface area contributed by atoms with E-state index in [4.69, 9.17) is 5.26 Å². The van der Waals surface area contributed by atoms with Gasteiger partial charge < -0.3 is 0 Å². The van der Waals surface area contributed by atoms with E-state index >= 15 is 0 Å². The third kappa shape index (κ3) is 1.94. The molecule has 0 saturated heterocycles. The Kier molecular flexibility index (Phi) is 2.72. The molecule has 2 heterocycles. The molecule has 0 aliphatic heterocycles. The van der Waals surface area contributed by atoms with E-state index in [0.29, 0.717) is 11.6 Å². The van der Waals surface area contributed by atoms with Crippen LogP contribution in [0.5, 0.6) is 0 Å². The van der Waals surface area contributed by atoms with Crippen LogP contribution in [-0.4, -0.2) is 19.6 Å². The van der Waals surface area contributed by atoms with Gasteiger partial charge in [0.2, 0.25) is 0 Å². The summed E-state index contributed by atoms with van der Waals surface area (Å²) in [7, 11) is 3.70. The van der Waals surface area contributed by atoms with Crippen molar-refractivity contribution >= 4 is 0 Å². The Bertz CT molecular complexity index is 583.